The molecular weight excluding hydrogens is 392 g/mol. The number of aliphatic hydroxyl groups is 1. The van der Waals surface area contributed by atoms with E-state index in [1.54, 1.807) is 12.4 Å². The van der Waals surface area contributed by atoms with Gasteiger partial charge < -0.3 is 20.7 Å². The standard InChI is InChI=1S/C23H30N6O2/c1-14(2)23(3,17-6-4-15(5-7-17)16-12-25-21(24)26-13-16)20-28-22(31-29-20)27-18-8-10-19(30)11-9-18/h4-7,12-14,18-19,30H,8-11H2,1-3H3,(H2,24,25,26)(H,27,28,29). The molecule has 1 fully saturated rings. The van der Waals surface area contributed by atoms with Gasteiger partial charge in [0.1, 0.15) is 0 Å². The zero-order valence-electron chi connectivity index (χ0n) is 18.2. The fraction of sp³-hybridized carbons (Fsp3) is 0.478. The van der Waals surface area contributed by atoms with Gasteiger partial charge in [-0.1, -0.05) is 43.3 Å². The van der Waals surface area contributed by atoms with Crippen molar-refractivity contribution < 1.29 is 9.63 Å². The number of aromatic nitrogens is 4. The molecule has 1 atom stereocenters. The Kier molecular flexibility index (Phi) is 5.91. The lowest BCUT2D eigenvalue weighted by Gasteiger charge is -2.31. The Morgan fingerprint density at radius 1 is 1.06 bits per heavy atom. The van der Waals surface area contributed by atoms with Crippen LogP contribution in [-0.4, -0.2) is 37.4 Å². The molecule has 1 aliphatic rings. The van der Waals surface area contributed by atoms with E-state index in [0.717, 1.165) is 42.4 Å². The van der Waals surface area contributed by atoms with Crippen molar-refractivity contribution >= 4 is 12.0 Å². The quantitative estimate of drug-likeness (QED) is 0.548. The lowest BCUT2D eigenvalue weighted by Crippen LogP contribution is -2.32. The lowest BCUT2D eigenvalue weighted by atomic mass is 9.72. The molecule has 0 saturated heterocycles. The summed E-state index contributed by atoms with van der Waals surface area (Å²) in [6.07, 6.45) is 6.65. The maximum Gasteiger partial charge on any atom is 0.321 e. The monoisotopic (exact) mass is 422 g/mol. The first kappa shape index (κ1) is 21.2. The van der Waals surface area contributed by atoms with E-state index in [0.29, 0.717) is 11.8 Å². The first-order valence-corrected chi connectivity index (χ1v) is 10.8. The number of anilines is 2. The normalized spacial score (nSPS) is 21.1. The number of nitrogens with two attached hydrogens (primary N) is 1. The largest absolute Gasteiger partial charge is 0.393 e. The predicted molar refractivity (Wildman–Crippen MR) is 119 cm³/mol. The highest BCUT2D eigenvalue weighted by Gasteiger charge is 2.37. The summed E-state index contributed by atoms with van der Waals surface area (Å²) >= 11 is 0. The van der Waals surface area contributed by atoms with Crippen molar-refractivity contribution in [3.8, 4) is 11.1 Å². The van der Waals surface area contributed by atoms with Gasteiger partial charge in [0.25, 0.3) is 0 Å². The molecule has 0 bridgehead atoms. The van der Waals surface area contributed by atoms with Crippen molar-refractivity contribution in [1.29, 1.82) is 0 Å². The molecule has 31 heavy (non-hydrogen) atoms. The summed E-state index contributed by atoms with van der Waals surface area (Å²) < 4.78 is 5.55. The highest BCUT2D eigenvalue weighted by molar-refractivity contribution is 5.62. The minimum atomic E-state index is -0.414. The van der Waals surface area contributed by atoms with Gasteiger partial charge in [-0.2, -0.15) is 4.98 Å². The Hall–Kier alpha value is -3.00. The van der Waals surface area contributed by atoms with E-state index in [4.69, 9.17) is 15.2 Å². The van der Waals surface area contributed by atoms with Crippen LogP contribution in [-0.2, 0) is 5.41 Å². The topological polar surface area (TPSA) is 123 Å². The second-order valence-corrected chi connectivity index (χ2v) is 8.84. The molecular formula is C23H30N6O2. The van der Waals surface area contributed by atoms with Gasteiger partial charge in [-0.25, -0.2) is 9.97 Å². The average Bonchev–Trinajstić information content (AvgIpc) is 3.24. The van der Waals surface area contributed by atoms with Crippen molar-refractivity contribution in [2.24, 2.45) is 5.92 Å². The molecule has 4 rings (SSSR count). The van der Waals surface area contributed by atoms with Gasteiger partial charge in [0, 0.05) is 24.0 Å². The second kappa shape index (κ2) is 8.63. The summed E-state index contributed by atoms with van der Waals surface area (Å²) in [5.41, 5.74) is 8.21. The summed E-state index contributed by atoms with van der Waals surface area (Å²) in [6, 6.07) is 8.99. The Labute approximate surface area is 182 Å². The van der Waals surface area contributed by atoms with E-state index < -0.39 is 5.41 Å². The Morgan fingerprint density at radius 2 is 1.71 bits per heavy atom. The number of nitrogens with one attached hydrogen (secondary N) is 1. The molecule has 2 aromatic heterocycles. The maximum atomic E-state index is 9.70. The van der Waals surface area contributed by atoms with Gasteiger partial charge in [0.15, 0.2) is 5.82 Å². The number of rotatable bonds is 6. The Bertz CT molecular complexity index is 994. The van der Waals surface area contributed by atoms with E-state index in [1.165, 1.54) is 0 Å². The second-order valence-electron chi connectivity index (χ2n) is 8.84. The van der Waals surface area contributed by atoms with Crippen LogP contribution in [0.15, 0.2) is 41.2 Å². The highest BCUT2D eigenvalue weighted by atomic mass is 16.5. The average molecular weight is 423 g/mol. The lowest BCUT2D eigenvalue weighted by molar-refractivity contribution is 0.125. The molecule has 1 saturated carbocycles. The van der Waals surface area contributed by atoms with Crippen LogP contribution in [0.5, 0.6) is 0 Å². The molecule has 0 aliphatic heterocycles. The fourth-order valence-corrected chi connectivity index (χ4v) is 4.10. The summed E-state index contributed by atoms with van der Waals surface area (Å²) in [5.74, 6) is 1.16. The molecule has 0 radical (unpaired) electrons. The zero-order valence-corrected chi connectivity index (χ0v) is 18.2. The van der Waals surface area contributed by atoms with Crippen LogP contribution >= 0.6 is 0 Å². The van der Waals surface area contributed by atoms with Crippen LogP contribution < -0.4 is 11.1 Å². The van der Waals surface area contributed by atoms with Gasteiger partial charge in [-0.05, 0) is 49.7 Å². The van der Waals surface area contributed by atoms with Crippen LogP contribution in [0.2, 0.25) is 0 Å². The smallest absolute Gasteiger partial charge is 0.321 e. The van der Waals surface area contributed by atoms with Crippen molar-refractivity contribution in [3.05, 3.63) is 48.0 Å². The summed E-state index contributed by atoms with van der Waals surface area (Å²) in [5, 5.41) is 17.4. The summed E-state index contributed by atoms with van der Waals surface area (Å²) in [6.45, 7) is 6.46. The first-order chi connectivity index (χ1) is 14.9. The van der Waals surface area contributed by atoms with E-state index in [2.05, 4.69) is 65.5 Å². The maximum absolute atomic E-state index is 9.70. The van der Waals surface area contributed by atoms with Gasteiger partial charge >= 0.3 is 6.01 Å². The van der Waals surface area contributed by atoms with E-state index >= 15 is 0 Å². The number of nitrogen functional groups attached to an aromatic ring is 1. The van der Waals surface area contributed by atoms with Crippen LogP contribution in [0.3, 0.4) is 0 Å². The van der Waals surface area contributed by atoms with Crippen LogP contribution in [0.4, 0.5) is 12.0 Å². The van der Waals surface area contributed by atoms with E-state index in [9.17, 15) is 5.11 Å². The fourth-order valence-electron chi connectivity index (χ4n) is 4.10. The van der Waals surface area contributed by atoms with Crippen LogP contribution in [0, 0.1) is 5.92 Å². The number of aliphatic hydroxyl groups excluding tert-OH is 1. The Balaban J connectivity index is 1.56. The van der Waals surface area contributed by atoms with Crippen molar-refractivity contribution in [1.82, 2.24) is 20.1 Å². The van der Waals surface area contributed by atoms with Crippen LogP contribution in [0.25, 0.3) is 11.1 Å². The third kappa shape index (κ3) is 4.39. The minimum Gasteiger partial charge on any atom is -0.393 e. The SMILES string of the molecule is CC(C)C(C)(c1ccc(-c2cnc(N)nc2)cc1)c1noc(NC2CCC(O)CC2)n1. The van der Waals surface area contributed by atoms with E-state index in [-0.39, 0.29) is 24.0 Å². The first-order valence-electron chi connectivity index (χ1n) is 10.8. The van der Waals surface area contributed by atoms with Crippen molar-refractivity contribution in [2.45, 2.75) is 64.0 Å². The Morgan fingerprint density at radius 3 is 2.32 bits per heavy atom. The third-order valence-electron chi connectivity index (χ3n) is 6.56. The molecule has 4 N–H and O–H groups in total. The molecule has 1 unspecified atom stereocenters. The molecule has 1 aliphatic carbocycles. The number of benzene rings is 1. The van der Waals surface area contributed by atoms with E-state index in [1.807, 2.05) is 0 Å². The van der Waals surface area contributed by atoms with Crippen molar-refractivity contribution in [3.63, 3.8) is 0 Å². The molecule has 0 spiro atoms. The molecule has 8 heteroatoms. The van der Waals surface area contributed by atoms with Crippen molar-refractivity contribution in [2.75, 3.05) is 11.1 Å². The number of hydrogen-bond acceptors (Lipinski definition) is 8. The molecule has 2 heterocycles. The molecule has 0 amide bonds. The molecule has 3 aromatic rings. The molecule has 164 valence electrons. The predicted octanol–water partition coefficient (Wildman–Crippen LogP) is 3.79. The number of hydrogen-bond donors (Lipinski definition) is 3. The molecule has 1 aromatic carbocycles. The third-order valence-corrected chi connectivity index (χ3v) is 6.56. The molecule has 8 nitrogen and oxygen atoms in total. The minimum absolute atomic E-state index is 0.191. The summed E-state index contributed by atoms with van der Waals surface area (Å²) in [7, 11) is 0. The summed E-state index contributed by atoms with van der Waals surface area (Å²) in [4.78, 5) is 12.8. The number of nitrogens with zero attached hydrogens (tertiary/aromatic N) is 4. The highest BCUT2D eigenvalue weighted by Crippen LogP contribution is 2.38. The zero-order chi connectivity index (χ0) is 22.0. The van der Waals surface area contributed by atoms with Gasteiger partial charge in [0.2, 0.25) is 5.95 Å². The van der Waals surface area contributed by atoms with Gasteiger partial charge in [-0.15, -0.1) is 0 Å². The van der Waals surface area contributed by atoms with Gasteiger partial charge in [0.05, 0.1) is 11.5 Å². The van der Waals surface area contributed by atoms with Gasteiger partial charge in [-0.3, -0.25) is 0 Å². The van der Waals surface area contributed by atoms with Crippen LogP contribution in [0.1, 0.15) is 57.8 Å².